The smallest absolute Gasteiger partial charge is 0.248 e. The van der Waals surface area contributed by atoms with E-state index < -0.39 is 0 Å². The lowest BCUT2D eigenvalue weighted by atomic mass is 10.2. The maximum Gasteiger partial charge on any atom is 0.248 e. The molecule has 0 aliphatic heterocycles. The Balaban J connectivity index is 1.69. The van der Waals surface area contributed by atoms with Crippen LogP contribution in [-0.4, -0.2) is 26.1 Å². The van der Waals surface area contributed by atoms with Crippen molar-refractivity contribution < 1.29 is 4.79 Å². The number of tetrazole rings is 1. The normalized spacial score (nSPS) is 10.6. The molecule has 0 saturated heterocycles. The van der Waals surface area contributed by atoms with Crippen LogP contribution in [0.25, 0.3) is 11.4 Å². The van der Waals surface area contributed by atoms with Gasteiger partial charge in [-0.2, -0.15) is 4.80 Å². The lowest BCUT2D eigenvalue weighted by Crippen LogP contribution is -2.20. The molecule has 0 saturated carbocycles. The molecule has 1 N–H and O–H groups in total. The standard InChI is InChI=1S/C15H10BrCl2N5O/c16-10-3-1-9(2-4-10)15-20-22-23(21-15)8-14(24)19-13-7-11(17)5-6-12(13)18/h1-7H,8H2,(H,19,24). The molecule has 1 aromatic heterocycles. The number of anilines is 1. The minimum atomic E-state index is -0.334. The third kappa shape index (κ3) is 4.11. The van der Waals surface area contributed by atoms with E-state index in [0.29, 0.717) is 21.6 Å². The summed E-state index contributed by atoms with van der Waals surface area (Å²) in [5.74, 6) is 0.106. The highest BCUT2D eigenvalue weighted by Gasteiger charge is 2.11. The fourth-order valence-electron chi connectivity index (χ4n) is 1.94. The summed E-state index contributed by atoms with van der Waals surface area (Å²) in [7, 11) is 0. The Hall–Kier alpha value is -1.96. The first-order valence-corrected chi connectivity index (χ1v) is 8.35. The van der Waals surface area contributed by atoms with Gasteiger partial charge in [-0.25, -0.2) is 0 Å². The molecule has 0 bridgehead atoms. The van der Waals surface area contributed by atoms with E-state index in [1.807, 2.05) is 24.3 Å². The van der Waals surface area contributed by atoms with Gasteiger partial charge in [-0.3, -0.25) is 4.79 Å². The quantitative estimate of drug-likeness (QED) is 0.682. The number of hydrogen-bond acceptors (Lipinski definition) is 4. The van der Waals surface area contributed by atoms with E-state index in [1.165, 1.54) is 4.80 Å². The van der Waals surface area contributed by atoms with Crippen molar-refractivity contribution in [3.63, 3.8) is 0 Å². The largest absolute Gasteiger partial charge is 0.323 e. The summed E-state index contributed by atoms with van der Waals surface area (Å²) in [5.41, 5.74) is 1.24. The second-order valence-corrected chi connectivity index (χ2v) is 6.58. The molecule has 3 aromatic rings. The van der Waals surface area contributed by atoms with Gasteiger partial charge in [0.1, 0.15) is 6.54 Å². The molecule has 0 unspecified atom stereocenters. The zero-order valence-corrected chi connectivity index (χ0v) is 15.2. The molecule has 0 spiro atoms. The Morgan fingerprint density at radius 2 is 1.92 bits per heavy atom. The van der Waals surface area contributed by atoms with Gasteiger partial charge in [0.15, 0.2) is 0 Å². The number of carbonyl (C=O) groups is 1. The van der Waals surface area contributed by atoms with E-state index >= 15 is 0 Å². The van der Waals surface area contributed by atoms with E-state index in [-0.39, 0.29) is 12.5 Å². The first-order valence-electron chi connectivity index (χ1n) is 6.80. The number of amides is 1. The van der Waals surface area contributed by atoms with Crippen molar-refractivity contribution in [3.05, 3.63) is 57.0 Å². The topological polar surface area (TPSA) is 72.7 Å². The molecule has 0 aliphatic carbocycles. The predicted octanol–water partition coefficient (Wildman–Crippen LogP) is 4.05. The molecular formula is C15H10BrCl2N5O. The number of nitrogens with one attached hydrogen (secondary N) is 1. The van der Waals surface area contributed by atoms with Gasteiger partial charge in [0.25, 0.3) is 0 Å². The van der Waals surface area contributed by atoms with E-state index in [9.17, 15) is 4.79 Å². The molecule has 1 heterocycles. The average molecular weight is 427 g/mol. The number of rotatable bonds is 4. The van der Waals surface area contributed by atoms with Crippen LogP contribution in [0.1, 0.15) is 0 Å². The fraction of sp³-hybridized carbons (Fsp3) is 0.0667. The number of benzene rings is 2. The van der Waals surface area contributed by atoms with Gasteiger partial charge in [0.05, 0.1) is 10.7 Å². The van der Waals surface area contributed by atoms with E-state index in [4.69, 9.17) is 23.2 Å². The summed E-state index contributed by atoms with van der Waals surface area (Å²) < 4.78 is 0.955. The summed E-state index contributed by atoms with van der Waals surface area (Å²) in [6.07, 6.45) is 0. The van der Waals surface area contributed by atoms with E-state index in [0.717, 1.165) is 10.0 Å². The predicted molar refractivity (Wildman–Crippen MR) is 96.0 cm³/mol. The minimum Gasteiger partial charge on any atom is -0.323 e. The fourth-order valence-corrected chi connectivity index (χ4v) is 2.54. The average Bonchev–Trinajstić information content (AvgIpc) is 3.00. The maximum atomic E-state index is 12.1. The van der Waals surface area contributed by atoms with Crippen LogP contribution in [0.5, 0.6) is 0 Å². The molecule has 6 nitrogen and oxygen atoms in total. The summed E-state index contributed by atoms with van der Waals surface area (Å²) in [6.45, 7) is -0.0909. The third-order valence-electron chi connectivity index (χ3n) is 3.04. The Labute approximate surface area is 155 Å². The summed E-state index contributed by atoms with van der Waals surface area (Å²) in [6, 6.07) is 12.3. The Morgan fingerprint density at radius 3 is 2.67 bits per heavy atom. The molecular weight excluding hydrogens is 417 g/mol. The van der Waals surface area contributed by atoms with Crippen LogP contribution in [-0.2, 0) is 11.3 Å². The van der Waals surface area contributed by atoms with Crippen LogP contribution in [0.3, 0.4) is 0 Å². The summed E-state index contributed by atoms with van der Waals surface area (Å²) in [5, 5.41) is 15.6. The second-order valence-electron chi connectivity index (χ2n) is 4.82. The molecule has 9 heteroatoms. The van der Waals surface area contributed by atoms with E-state index in [2.05, 4.69) is 36.7 Å². The molecule has 0 aliphatic rings. The molecule has 122 valence electrons. The number of aromatic nitrogens is 4. The van der Waals surface area contributed by atoms with Crippen molar-refractivity contribution in [1.82, 2.24) is 20.2 Å². The van der Waals surface area contributed by atoms with Crippen LogP contribution < -0.4 is 5.32 Å². The third-order valence-corrected chi connectivity index (χ3v) is 4.14. The number of carbonyl (C=O) groups excluding carboxylic acids is 1. The highest BCUT2D eigenvalue weighted by molar-refractivity contribution is 9.10. The van der Waals surface area contributed by atoms with Crippen molar-refractivity contribution in [2.24, 2.45) is 0 Å². The van der Waals surface area contributed by atoms with Gasteiger partial charge < -0.3 is 5.32 Å². The minimum absolute atomic E-state index is 0.0909. The number of nitrogens with zero attached hydrogens (tertiary/aromatic N) is 4. The van der Waals surface area contributed by atoms with Crippen LogP contribution in [0, 0.1) is 0 Å². The van der Waals surface area contributed by atoms with Crippen molar-refractivity contribution in [2.75, 3.05) is 5.32 Å². The zero-order valence-electron chi connectivity index (χ0n) is 12.1. The van der Waals surface area contributed by atoms with Crippen molar-refractivity contribution in [1.29, 1.82) is 0 Å². The zero-order chi connectivity index (χ0) is 17.1. The van der Waals surface area contributed by atoms with Gasteiger partial charge in [-0.1, -0.05) is 39.1 Å². The number of halogens is 3. The van der Waals surface area contributed by atoms with Crippen LogP contribution in [0.15, 0.2) is 46.9 Å². The molecule has 1 amide bonds. The maximum absolute atomic E-state index is 12.1. The first-order chi connectivity index (χ1) is 11.5. The van der Waals surface area contributed by atoms with Crippen molar-refractivity contribution in [3.8, 4) is 11.4 Å². The molecule has 2 aromatic carbocycles. The molecule has 3 rings (SSSR count). The lowest BCUT2D eigenvalue weighted by Gasteiger charge is -2.06. The lowest BCUT2D eigenvalue weighted by molar-refractivity contribution is -0.117. The highest BCUT2D eigenvalue weighted by atomic mass is 79.9. The van der Waals surface area contributed by atoms with Gasteiger partial charge in [0.2, 0.25) is 11.7 Å². The van der Waals surface area contributed by atoms with Crippen molar-refractivity contribution in [2.45, 2.75) is 6.54 Å². The number of hydrogen-bond donors (Lipinski definition) is 1. The second kappa shape index (κ2) is 7.29. The van der Waals surface area contributed by atoms with Gasteiger partial charge in [-0.15, -0.1) is 10.2 Å². The van der Waals surface area contributed by atoms with Gasteiger partial charge in [-0.05, 0) is 47.7 Å². The van der Waals surface area contributed by atoms with Gasteiger partial charge >= 0.3 is 0 Å². The summed E-state index contributed by atoms with van der Waals surface area (Å²) >= 11 is 15.3. The summed E-state index contributed by atoms with van der Waals surface area (Å²) in [4.78, 5) is 13.3. The molecule has 0 fully saturated rings. The van der Waals surface area contributed by atoms with Gasteiger partial charge in [0, 0.05) is 15.1 Å². The first kappa shape index (κ1) is 16.9. The SMILES string of the molecule is O=C(Cn1nnc(-c2ccc(Br)cc2)n1)Nc1cc(Cl)ccc1Cl. The monoisotopic (exact) mass is 425 g/mol. The van der Waals surface area contributed by atoms with Crippen molar-refractivity contribution >= 4 is 50.7 Å². The van der Waals surface area contributed by atoms with Crippen LogP contribution in [0.4, 0.5) is 5.69 Å². The highest BCUT2D eigenvalue weighted by Crippen LogP contribution is 2.25. The molecule has 24 heavy (non-hydrogen) atoms. The Morgan fingerprint density at radius 1 is 1.17 bits per heavy atom. The van der Waals surface area contributed by atoms with Crippen LogP contribution in [0.2, 0.25) is 10.0 Å². The molecule has 0 radical (unpaired) electrons. The molecule has 0 atom stereocenters. The van der Waals surface area contributed by atoms with Crippen LogP contribution >= 0.6 is 39.1 Å². The Kier molecular flexibility index (Phi) is 5.13. The Bertz CT molecular complexity index is 882. The van der Waals surface area contributed by atoms with E-state index in [1.54, 1.807) is 18.2 Å².